The highest BCUT2D eigenvalue weighted by Gasteiger charge is 2.29. The number of hydrogen-bond acceptors (Lipinski definition) is 3. The largest absolute Gasteiger partial charge is 0.342 e. The van der Waals surface area contributed by atoms with Crippen LogP contribution in [0.5, 0.6) is 0 Å². The van der Waals surface area contributed by atoms with E-state index in [-0.39, 0.29) is 30.4 Å². The van der Waals surface area contributed by atoms with Gasteiger partial charge in [0.15, 0.2) is 0 Å². The van der Waals surface area contributed by atoms with Crippen molar-refractivity contribution in [3.05, 3.63) is 0 Å². The number of carbonyl (C=O) groups is 1. The van der Waals surface area contributed by atoms with Crippen molar-refractivity contribution in [2.75, 3.05) is 26.2 Å². The second kappa shape index (κ2) is 7.09. The van der Waals surface area contributed by atoms with Gasteiger partial charge < -0.3 is 10.6 Å². The second-order valence-corrected chi connectivity index (χ2v) is 4.23. The van der Waals surface area contributed by atoms with Crippen LogP contribution in [0.3, 0.4) is 0 Å². The van der Waals surface area contributed by atoms with Crippen molar-refractivity contribution in [3.63, 3.8) is 0 Å². The molecule has 2 atom stereocenters. The van der Waals surface area contributed by atoms with E-state index in [9.17, 15) is 4.79 Å². The van der Waals surface area contributed by atoms with Crippen LogP contribution in [0.2, 0.25) is 0 Å². The van der Waals surface area contributed by atoms with Crippen LogP contribution in [0.4, 0.5) is 0 Å². The lowest BCUT2D eigenvalue weighted by atomic mass is 10.2. The predicted octanol–water partition coefficient (Wildman–Crippen LogP) is 0.698. The van der Waals surface area contributed by atoms with E-state index in [0.29, 0.717) is 0 Å². The van der Waals surface area contributed by atoms with Gasteiger partial charge in [-0.3, -0.25) is 9.69 Å². The van der Waals surface area contributed by atoms with E-state index < -0.39 is 0 Å². The van der Waals surface area contributed by atoms with Crippen LogP contribution >= 0.6 is 12.4 Å². The third-order valence-electron chi connectivity index (χ3n) is 3.24. The van der Waals surface area contributed by atoms with E-state index in [1.165, 1.54) is 0 Å². The maximum Gasteiger partial charge on any atom is 0.239 e. The lowest BCUT2D eigenvalue weighted by Crippen LogP contribution is -2.46. The fourth-order valence-electron chi connectivity index (χ4n) is 2.12. The molecule has 96 valence electrons. The highest BCUT2D eigenvalue weighted by Crippen LogP contribution is 2.12. The first-order valence-corrected chi connectivity index (χ1v) is 5.88. The van der Waals surface area contributed by atoms with E-state index in [0.717, 1.165) is 32.6 Å². The Morgan fingerprint density at radius 1 is 1.50 bits per heavy atom. The van der Waals surface area contributed by atoms with Gasteiger partial charge in [-0.05, 0) is 27.2 Å². The predicted molar refractivity (Wildman–Crippen MR) is 68.8 cm³/mol. The fraction of sp³-hybridized carbons (Fsp3) is 0.909. The summed E-state index contributed by atoms with van der Waals surface area (Å²) in [5.74, 6) is 0.231. The maximum atomic E-state index is 12.0. The van der Waals surface area contributed by atoms with Gasteiger partial charge in [-0.1, -0.05) is 0 Å². The Morgan fingerprint density at radius 2 is 2.06 bits per heavy atom. The molecule has 0 radical (unpaired) electrons. The van der Waals surface area contributed by atoms with Crippen LogP contribution in [0, 0.1) is 0 Å². The monoisotopic (exact) mass is 249 g/mol. The molecule has 0 aromatic rings. The Bertz CT molecular complexity index is 221. The average Bonchev–Trinajstić information content (AvgIpc) is 2.65. The zero-order valence-electron chi connectivity index (χ0n) is 10.5. The summed E-state index contributed by atoms with van der Waals surface area (Å²) in [4.78, 5) is 16.1. The number of rotatable bonds is 4. The van der Waals surface area contributed by atoms with Gasteiger partial charge in [-0.25, -0.2) is 0 Å². The molecule has 1 heterocycles. The first kappa shape index (κ1) is 15.7. The molecule has 5 heteroatoms. The Kier molecular flexibility index (Phi) is 6.95. The van der Waals surface area contributed by atoms with E-state index in [1.807, 2.05) is 25.7 Å². The van der Waals surface area contributed by atoms with Crippen molar-refractivity contribution >= 4 is 18.3 Å². The number of amides is 1. The van der Waals surface area contributed by atoms with Gasteiger partial charge in [0.05, 0.1) is 6.04 Å². The highest BCUT2D eigenvalue weighted by molar-refractivity contribution is 5.85. The molecule has 0 aromatic heterocycles. The third-order valence-corrected chi connectivity index (χ3v) is 3.24. The summed E-state index contributed by atoms with van der Waals surface area (Å²) in [5.41, 5.74) is 5.84. The summed E-state index contributed by atoms with van der Waals surface area (Å²) in [6.45, 7) is 9.41. The number of nitrogens with zero attached hydrogens (tertiary/aromatic N) is 2. The smallest absolute Gasteiger partial charge is 0.239 e. The first-order valence-electron chi connectivity index (χ1n) is 5.88. The normalized spacial score (nSPS) is 22.6. The van der Waals surface area contributed by atoms with Crippen LogP contribution in [0.25, 0.3) is 0 Å². The first-order chi connectivity index (χ1) is 7.10. The minimum atomic E-state index is -0.0153. The average molecular weight is 250 g/mol. The Balaban J connectivity index is 0.00000225. The summed E-state index contributed by atoms with van der Waals surface area (Å²) >= 11 is 0. The molecule has 0 saturated carbocycles. The maximum absolute atomic E-state index is 12.0. The molecule has 1 fully saturated rings. The molecule has 1 aliphatic rings. The molecular formula is C11H24ClN3O. The molecule has 0 aliphatic carbocycles. The lowest BCUT2D eigenvalue weighted by Gasteiger charge is -2.28. The van der Waals surface area contributed by atoms with Gasteiger partial charge in [0.2, 0.25) is 5.91 Å². The second-order valence-electron chi connectivity index (χ2n) is 4.23. The van der Waals surface area contributed by atoms with Crippen molar-refractivity contribution in [3.8, 4) is 0 Å². The van der Waals surface area contributed by atoms with Crippen molar-refractivity contribution in [2.24, 2.45) is 5.73 Å². The summed E-state index contributed by atoms with van der Waals surface area (Å²) in [6, 6.07) is 0.232. The zero-order chi connectivity index (χ0) is 11.4. The number of likely N-dealkylation sites (N-methyl/N-ethyl adjacent to an activating group) is 1. The molecule has 2 N–H and O–H groups in total. The van der Waals surface area contributed by atoms with E-state index in [1.54, 1.807) is 0 Å². The summed E-state index contributed by atoms with van der Waals surface area (Å²) in [6.07, 6.45) is 1.01. The van der Waals surface area contributed by atoms with E-state index in [4.69, 9.17) is 5.73 Å². The number of nitrogens with two attached hydrogens (primary N) is 1. The SMILES string of the molecule is CCN(CC)C(=O)C(C)N1CC[C@H](N)C1.Cl. The lowest BCUT2D eigenvalue weighted by molar-refractivity contribution is -0.135. The molecule has 1 aliphatic heterocycles. The molecule has 4 nitrogen and oxygen atoms in total. The van der Waals surface area contributed by atoms with Gasteiger partial charge in [0, 0.05) is 32.2 Å². The van der Waals surface area contributed by atoms with Crippen molar-refractivity contribution in [1.29, 1.82) is 0 Å². The van der Waals surface area contributed by atoms with Gasteiger partial charge in [0.1, 0.15) is 0 Å². The minimum absolute atomic E-state index is 0. The fourth-order valence-corrected chi connectivity index (χ4v) is 2.12. The van der Waals surface area contributed by atoms with Crippen molar-refractivity contribution in [2.45, 2.75) is 39.3 Å². The van der Waals surface area contributed by atoms with Crippen LogP contribution < -0.4 is 5.73 Å². The molecular weight excluding hydrogens is 226 g/mol. The molecule has 1 amide bonds. The number of carbonyl (C=O) groups excluding carboxylic acids is 1. The quantitative estimate of drug-likeness (QED) is 0.798. The van der Waals surface area contributed by atoms with Crippen molar-refractivity contribution < 1.29 is 4.79 Å². The van der Waals surface area contributed by atoms with Gasteiger partial charge >= 0.3 is 0 Å². The zero-order valence-corrected chi connectivity index (χ0v) is 11.3. The van der Waals surface area contributed by atoms with Crippen LogP contribution in [-0.4, -0.2) is 54.0 Å². The van der Waals surface area contributed by atoms with Crippen molar-refractivity contribution in [1.82, 2.24) is 9.80 Å². The van der Waals surface area contributed by atoms with Gasteiger partial charge in [-0.2, -0.15) is 0 Å². The Hall–Kier alpha value is -0.320. The van der Waals surface area contributed by atoms with Crippen LogP contribution in [0.1, 0.15) is 27.2 Å². The molecule has 16 heavy (non-hydrogen) atoms. The van der Waals surface area contributed by atoms with Gasteiger partial charge in [0.25, 0.3) is 0 Å². The number of hydrogen-bond donors (Lipinski definition) is 1. The van der Waals surface area contributed by atoms with Crippen LogP contribution in [-0.2, 0) is 4.79 Å². The van der Waals surface area contributed by atoms with E-state index >= 15 is 0 Å². The van der Waals surface area contributed by atoms with E-state index in [2.05, 4.69) is 4.90 Å². The summed E-state index contributed by atoms with van der Waals surface area (Å²) in [5, 5.41) is 0. The molecule has 0 aromatic carbocycles. The molecule has 0 spiro atoms. The third kappa shape index (κ3) is 3.61. The number of halogens is 1. The van der Waals surface area contributed by atoms with Gasteiger partial charge in [-0.15, -0.1) is 12.4 Å². The topological polar surface area (TPSA) is 49.6 Å². The Labute approximate surface area is 105 Å². The summed E-state index contributed by atoms with van der Waals surface area (Å²) in [7, 11) is 0. The molecule has 1 unspecified atom stereocenters. The molecule has 0 bridgehead atoms. The molecule has 1 rings (SSSR count). The Morgan fingerprint density at radius 3 is 2.44 bits per heavy atom. The minimum Gasteiger partial charge on any atom is -0.342 e. The molecule has 1 saturated heterocycles. The summed E-state index contributed by atoms with van der Waals surface area (Å²) < 4.78 is 0. The highest BCUT2D eigenvalue weighted by atomic mass is 35.5. The standard InChI is InChI=1S/C11H23N3O.ClH/c1-4-13(5-2)11(15)9(3)14-7-6-10(12)8-14;/h9-10H,4-8,12H2,1-3H3;1H/t9?,10-;/m0./s1. The van der Waals surface area contributed by atoms with Crippen LogP contribution in [0.15, 0.2) is 0 Å². The number of likely N-dealkylation sites (tertiary alicyclic amines) is 1.